The van der Waals surface area contributed by atoms with Crippen LogP contribution in [0.25, 0.3) is 11.3 Å². The van der Waals surface area contributed by atoms with Gasteiger partial charge in [-0.25, -0.2) is 18.0 Å². The number of carboxylic acids is 1. The van der Waals surface area contributed by atoms with Crippen molar-refractivity contribution in [2.24, 2.45) is 5.92 Å². The molecule has 35 heavy (non-hydrogen) atoms. The minimum absolute atomic E-state index is 0.0115. The molecule has 1 aromatic heterocycles. The lowest BCUT2D eigenvalue weighted by molar-refractivity contribution is 0.0111. The molecule has 0 spiro atoms. The van der Waals surface area contributed by atoms with Crippen LogP contribution in [0.1, 0.15) is 53.2 Å². The molecule has 0 amide bonds. The molecule has 2 aliphatic carbocycles. The van der Waals surface area contributed by atoms with Gasteiger partial charge in [0.05, 0.1) is 35.2 Å². The van der Waals surface area contributed by atoms with Crippen molar-refractivity contribution < 1.29 is 27.8 Å². The van der Waals surface area contributed by atoms with Crippen LogP contribution in [-0.2, 0) is 11.3 Å². The van der Waals surface area contributed by atoms with Crippen molar-refractivity contribution in [1.82, 2.24) is 10.2 Å². The Balaban J connectivity index is 1.08. The lowest BCUT2D eigenvalue weighted by Crippen LogP contribution is -2.38. The van der Waals surface area contributed by atoms with Crippen molar-refractivity contribution >= 4 is 11.7 Å². The average Bonchev–Trinajstić information content (AvgIpc) is 3.25. The number of benzene rings is 2. The Labute approximate surface area is 199 Å². The van der Waals surface area contributed by atoms with E-state index in [0.29, 0.717) is 23.5 Å². The van der Waals surface area contributed by atoms with Crippen LogP contribution in [0.3, 0.4) is 0 Å². The number of aromatic nitrogens is 2. The maximum absolute atomic E-state index is 14.6. The fourth-order valence-corrected chi connectivity index (χ4v) is 5.53. The number of hydrogen-bond donors (Lipinski definition) is 2. The van der Waals surface area contributed by atoms with Crippen molar-refractivity contribution in [3.8, 4) is 11.3 Å². The monoisotopic (exact) mass is 483 g/mol. The van der Waals surface area contributed by atoms with Crippen molar-refractivity contribution in [3.63, 3.8) is 0 Å². The van der Waals surface area contributed by atoms with E-state index in [0.717, 1.165) is 25.7 Å². The second-order valence-electron chi connectivity index (χ2n) is 9.77. The molecule has 3 aliphatic rings. The first-order chi connectivity index (χ1) is 16.9. The number of aromatic carboxylic acids is 1. The summed E-state index contributed by atoms with van der Waals surface area (Å²) in [6.45, 7) is 0.936. The number of rotatable bonds is 7. The fraction of sp³-hybridized carbons (Fsp3) is 0.385. The van der Waals surface area contributed by atoms with Gasteiger partial charge in [0.25, 0.3) is 0 Å². The molecule has 6 nitrogen and oxygen atoms in total. The van der Waals surface area contributed by atoms with Crippen LogP contribution in [0.5, 0.6) is 0 Å². The number of aromatic amines is 1. The molecule has 2 aromatic carbocycles. The summed E-state index contributed by atoms with van der Waals surface area (Å²) in [6.07, 6.45) is 3.62. The number of fused-ring (bicyclic) bond motifs is 2. The molecule has 9 heteroatoms. The van der Waals surface area contributed by atoms with Crippen LogP contribution in [0, 0.1) is 23.4 Å². The summed E-state index contributed by atoms with van der Waals surface area (Å²) in [4.78, 5) is 13.2. The number of nitrogens with one attached hydrogen (secondary N) is 1. The lowest BCUT2D eigenvalue weighted by atomic mass is 10.0. The summed E-state index contributed by atoms with van der Waals surface area (Å²) >= 11 is 0. The van der Waals surface area contributed by atoms with E-state index < -0.39 is 23.4 Å². The van der Waals surface area contributed by atoms with E-state index in [1.807, 2.05) is 0 Å². The predicted molar refractivity (Wildman–Crippen MR) is 122 cm³/mol. The summed E-state index contributed by atoms with van der Waals surface area (Å²) in [7, 11) is 0. The molecule has 1 saturated heterocycles. The lowest BCUT2D eigenvalue weighted by Gasteiger charge is -2.33. The molecular weight excluding hydrogens is 459 g/mol. The normalized spacial score (nSPS) is 23.3. The highest BCUT2D eigenvalue weighted by atomic mass is 19.1. The van der Waals surface area contributed by atoms with Crippen molar-refractivity contribution in [2.75, 3.05) is 11.4 Å². The average molecular weight is 483 g/mol. The second-order valence-corrected chi connectivity index (χ2v) is 9.77. The molecule has 182 valence electrons. The largest absolute Gasteiger partial charge is 0.478 e. The highest BCUT2D eigenvalue weighted by Crippen LogP contribution is 2.43. The third-order valence-electron chi connectivity index (χ3n) is 7.44. The molecular formula is C26H24F3N3O3. The van der Waals surface area contributed by atoms with Gasteiger partial charge in [-0.2, -0.15) is 5.10 Å². The molecule has 3 fully saturated rings. The molecule has 6 rings (SSSR count). The van der Waals surface area contributed by atoms with E-state index in [1.165, 1.54) is 24.3 Å². The quantitative estimate of drug-likeness (QED) is 0.480. The minimum Gasteiger partial charge on any atom is -0.478 e. The number of carboxylic acid groups (broad SMARTS) is 1. The van der Waals surface area contributed by atoms with E-state index in [9.17, 15) is 18.0 Å². The van der Waals surface area contributed by atoms with Gasteiger partial charge in [0.2, 0.25) is 0 Å². The van der Waals surface area contributed by atoms with Gasteiger partial charge in [-0.3, -0.25) is 5.10 Å². The second kappa shape index (κ2) is 8.41. The Morgan fingerprint density at radius 3 is 2.49 bits per heavy atom. The maximum Gasteiger partial charge on any atom is 0.338 e. The number of nitrogens with zero attached hydrogens (tertiary/aromatic N) is 2. The smallest absolute Gasteiger partial charge is 0.338 e. The molecule has 1 aliphatic heterocycles. The van der Waals surface area contributed by atoms with Gasteiger partial charge in [0.15, 0.2) is 0 Å². The zero-order valence-corrected chi connectivity index (χ0v) is 18.8. The van der Waals surface area contributed by atoms with E-state index in [-0.39, 0.29) is 47.4 Å². The molecule has 0 radical (unpaired) electrons. The molecule has 0 unspecified atom stereocenters. The van der Waals surface area contributed by atoms with Crippen LogP contribution in [0.2, 0.25) is 0 Å². The van der Waals surface area contributed by atoms with Crippen LogP contribution < -0.4 is 4.90 Å². The van der Waals surface area contributed by atoms with Crippen LogP contribution >= 0.6 is 0 Å². The van der Waals surface area contributed by atoms with Gasteiger partial charge in [-0.1, -0.05) is 0 Å². The van der Waals surface area contributed by atoms with Gasteiger partial charge >= 0.3 is 5.97 Å². The topological polar surface area (TPSA) is 78.4 Å². The molecule has 2 N–H and O–H groups in total. The number of carbonyl (C=O) groups is 1. The van der Waals surface area contributed by atoms with Gasteiger partial charge in [-0.05, 0) is 73.6 Å². The van der Waals surface area contributed by atoms with Crippen molar-refractivity contribution in [3.05, 3.63) is 70.7 Å². The van der Waals surface area contributed by atoms with Gasteiger partial charge < -0.3 is 14.7 Å². The summed E-state index contributed by atoms with van der Waals surface area (Å²) < 4.78 is 49.5. The Kier molecular flexibility index (Phi) is 5.32. The van der Waals surface area contributed by atoms with Crippen LogP contribution in [-0.4, -0.2) is 40.0 Å². The van der Waals surface area contributed by atoms with E-state index in [1.54, 1.807) is 12.1 Å². The number of H-pyrrole nitrogens is 1. The molecule has 3 aromatic rings. The van der Waals surface area contributed by atoms with Gasteiger partial charge in [0.1, 0.15) is 17.5 Å². The molecule has 3 atom stereocenters. The number of piperidine rings is 1. The zero-order valence-electron chi connectivity index (χ0n) is 18.8. The third kappa shape index (κ3) is 4.07. The predicted octanol–water partition coefficient (Wildman–Crippen LogP) is 5.25. The number of hydrogen-bond acceptors (Lipinski definition) is 4. The fourth-order valence-electron chi connectivity index (χ4n) is 5.53. The van der Waals surface area contributed by atoms with Gasteiger partial charge in [0, 0.05) is 24.2 Å². The van der Waals surface area contributed by atoms with E-state index in [2.05, 4.69) is 15.1 Å². The highest BCUT2D eigenvalue weighted by molar-refractivity contribution is 5.88. The summed E-state index contributed by atoms with van der Waals surface area (Å²) in [5, 5.41) is 16.0. The Bertz CT molecular complexity index is 1280. The SMILES string of the molecule is O=C(O)c1ccc(N2C[C@@H]3C[C@H]2C[C@H]3OCc2cc(-c3c(F)cc(C4CC4)cc3F)n[nH]2)cc1F. The Hall–Kier alpha value is -3.33. The minimum atomic E-state index is -1.28. The first kappa shape index (κ1) is 22.2. The van der Waals surface area contributed by atoms with Crippen molar-refractivity contribution in [1.29, 1.82) is 0 Å². The van der Waals surface area contributed by atoms with Gasteiger partial charge in [-0.15, -0.1) is 0 Å². The van der Waals surface area contributed by atoms with Crippen LogP contribution in [0.4, 0.5) is 18.9 Å². The number of anilines is 1. The molecule has 2 saturated carbocycles. The first-order valence-electron chi connectivity index (χ1n) is 11.8. The first-order valence-corrected chi connectivity index (χ1v) is 11.8. The third-order valence-corrected chi connectivity index (χ3v) is 7.44. The zero-order chi connectivity index (χ0) is 24.3. The summed E-state index contributed by atoms with van der Waals surface area (Å²) in [5.74, 6) is -2.71. The van der Waals surface area contributed by atoms with Crippen LogP contribution in [0.15, 0.2) is 36.4 Å². The molecule has 2 bridgehead atoms. The molecule has 2 heterocycles. The maximum atomic E-state index is 14.6. The summed E-state index contributed by atoms with van der Waals surface area (Å²) in [6, 6.07) is 8.84. The highest BCUT2D eigenvalue weighted by Gasteiger charge is 2.45. The standard InChI is InChI=1S/C26H24F3N3O3/c27-20-9-17(3-4-19(20)26(33)34)32-11-15-5-18(32)10-24(15)35-12-16-8-23(31-30-16)25-21(28)6-14(7-22(25)29)13-1-2-13/h3-4,6-9,13,15,18,24H,1-2,5,10-12H2,(H,30,31)(H,33,34)/t15-,18-,24+/m0/s1. The Morgan fingerprint density at radius 2 is 1.86 bits per heavy atom. The number of ether oxygens (including phenoxy) is 1. The van der Waals surface area contributed by atoms with E-state index >= 15 is 0 Å². The summed E-state index contributed by atoms with van der Waals surface area (Å²) in [5.41, 5.74) is 1.76. The Morgan fingerprint density at radius 1 is 1.09 bits per heavy atom. The van der Waals surface area contributed by atoms with E-state index in [4.69, 9.17) is 9.84 Å². The number of halogens is 3. The van der Waals surface area contributed by atoms with Crippen molar-refractivity contribution in [2.45, 2.75) is 50.4 Å².